The van der Waals surface area contributed by atoms with Crippen LogP contribution in [0.1, 0.15) is 18.6 Å². The van der Waals surface area contributed by atoms with Gasteiger partial charge in [0.05, 0.1) is 25.5 Å². The first-order valence-electron chi connectivity index (χ1n) is 8.58. The molecule has 1 spiro atoms. The fourth-order valence-electron chi connectivity index (χ4n) is 4.11. The van der Waals surface area contributed by atoms with Crippen LogP contribution in [0.4, 0.5) is 0 Å². The molecule has 7 nitrogen and oxygen atoms in total. The largest absolute Gasteiger partial charge is 0.469 e. The Balaban J connectivity index is 1.65. The number of carbonyl (C=O) groups excluding carboxylic acids is 1. The van der Waals surface area contributed by atoms with E-state index in [2.05, 4.69) is 0 Å². The first-order chi connectivity index (χ1) is 11.8. The van der Waals surface area contributed by atoms with E-state index in [4.69, 9.17) is 9.15 Å². The van der Waals surface area contributed by atoms with Crippen LogP contribution in [0, 0.1) is 11.3 Å². The van der Waals surface area contributed by atoms with Gasteiger partial charge >= 0.3 is 0 Å². The normalized spacial score (nSPS) is 24.1. The van der Waals surface area contributed by atoms with Crippen molar-refractivity contribution in [2.75, 3.05) is 46.2 Å². The van der Waals surface area contributed by atoms with Gasteiger partial charge in [-0.3, -0.25) is 4.79 Å². The van der Waals surface area contributed by atoms with Gasteiger partial charge in [0.15, 0.2) is 0 Å². The summed E-state index contributed by atoms with van der Waals surface area (Å²) in [5, 5.41) is 0. The second kappa shape index (κ2) is 7.09. The number of piperidine rings is 1. The standard InChI is InChI=1S/C17H26N2O5S/c1-23-12-14-11-19(25(2,21)22)13-17(14)5-7-18(8-6-17)16(20)10-15-4-3-9-24-15/h3-4,9,14H,5-8,10-13H2,1-2H3/t14-/m0/s1. The summed E-state index contributed by atoms with van der Waals surface area (Å²) in [6.45, 7) is 2.88. The topological polar surface area (TPSA) is 80.1 Å². The summed E-state index contributed by atoms with van der Waals surface area (Å²) in [6, 6.07) is 3.58. The number of methoxy groups -OCH3 is 1. The summed E-state index contributed by atoms with van der Waals surface area (Å²) in [5.74, 6) is 0.910. The van der Waals surface area contributed by atoms with Crippen LogP contribution in [-0.2, 0) is 26.0 Å². The monoisotopic (exact) mass is 370 g/mol. The van der Waals surface area contributed by atoms with Crippen LogP contribution in [0.5, 0.6) is 0 Å². The smallest absolute Gasteiger partial charge is 0.230 e. The van der Waals surface area contributed by atoms with Crippen LogP contribution >= 0.6 is 0 Å². The number of nitrogens with zero attached hydrogens (tertiary/aromatic N) is 2. The summed E-state index contributed by atoms with van der Waals surface area (Å²) in [4.78, 5) is 14.3. The fourth-order valence-corrected chi connectivity index (χ4v) is 5.05. The van der Waals surface area contributed by atoms with E-state index in [0.29, 0.717) is 38.5 Å². The van der Waals surface area contributed by atoms with Gasteiger partial charge in [-0.25, -0.2) is 12.7 Å². The molecule has 25 heavy (non-hydrogen) atoms. The molecular weight excluding hydrogens is 344 g/mol. The molecule has 2 aliphatic rings. The van der Waals surface area contributed by atoms with Crippen molar-refractivity contribution in [2.45, 2.75) is 19.3 Å². The summed E-state index contributed by atoms with van der Waals surface area (Å²) in [5.41, 5.74) is -0.0967. The maximum absolute atomic E-state index is 12.4. The molecule has 2 fully saturated rings. The molecule has 140 valence electrons. The summed E-state index contributed by atoms with van der Waals surface area (Å²) in [7, 11) is -1.56. The molecule has 1 aromatic heterocycles. The van der Waals surface area contributed by atoms with Crippen molar-refractivity contribution in [2.24, 2.45) is 11.3 Å². The number of ether oxygens (including phenoxy) is 1. The highest BCUT2D eigenvalue weighted by molar-refractivity contribution is 7.88. The van der Waals surface area contributed by atoms with Gasteiger partial charge in [-0.1, -0.05) is 0 Å². The lowest BCUT2D eigenvalue weighted by Gasteiger charge is -2.42. The van der Waals surface area contributed by atoms with Gasteiger partial charge in [0.25, 0.3) is 0 Å². The zero-order chi connectivity index (χ0) is 18.1. The number of carbonyl (C=O) groups is 1. The van der Waals surface area contributed by atoms with Gasteiger partial charge < -0.3 is 14.1 Å². The third kappa shape index (κ3) is 3.91. The Morgan fingerprint density at radius 2 is 2.12 bits per heavy atom. The number of likely N-dealkylation sites (tertiary alicyclic amines) is 1. The zero-order valence-electron chi connectivity index (χ0n) is 14.8. The number of hydrogen-bond acceptors (Lipinski definition) is 5. The summed E-state index contributed by atoms with van der Waals surface area (Å²) < 4.78 is 36.1. The van der Waals surface area contributed by atoms with Crippen molar-refractivity contribution < 1.29 is 22.4 Å². The summed E-state index contributed by atoms with van der Waals surface area (Å²) >= 11 is 0. The molecule has 0 aliphatic carbocycles. The minimum absolute atomic E-state index is 0.0612. The molecule has 1 aromatic rings. The summed E-state index contributed by atoms with van der Waals surface area (Å²) in [6.07, 6.45) is 4.71. The van der Waals surface area contributed by atoms with Crippen LogP contribution in [0.2, 0.25) is 0 Å². The van der Waals surface area contributed by atoms with Gasteiger partial charge in [-0.15, -0.1) is 0 Å². The highest BCUT2D eigenvalue weighted by Crippen LogP contribution is 2.45. The Hall–Kier alpha value is -1.38. The van der Waals surface area contributed by atoms with E-state index in [1.165, 1.54) is 6.26 Å². The Morgan fingerprint density at radius 3 is 2.68 bits per heavy atom. The fraction of sp³-hybridized carbons (Fsp3) is 0.706. The molecule has 1 amide bonds. The number of hydrogen-bond donors (Lipinski definition) is 0. The second-order valence-corrected chi connectivity index (χ2v) is 9.19. The third-order valence-electron chi connectivity index (χ3n) is 5.64. The highest BCUT2D eigenvalue weighted by atomic mass is 32.2. The molecule has 0 unspecified atom stereocenters. The predicted octanol–water partition coefficient (Wildman–Crippen LogP) is 0.969. The van der Waals surface area contributed by atoms with Crippen molar-refractivity contribution in [3.8, 4) is 0 Å². The molecule has 8 heteroatoms. The lowest BCUT2D eigenvalue weighted by Crippen LogP contribution is -2.47. The van der Waals surface area contributed by atoms with Gasteiger partial charge in [0.2, 0.25) is 15.9 Å². The molecule has 1 atom stereocenters. The Kier molecular flexibility index (Phi) is 5.22. The zero-order valence-corrected chi connectivity index (χ0v) is 15.6. The van der Waals surface area contributed by atoms with Crippen molar-refractivity contribution in [3.63, 3.8) is 0 Å². The molecule has 2 aliphatic heterocycles. The Labute approximate surface area is 149 Å². The van der Waals surface area contributed by atoms with Crippen molar-refractivity contribution >= 4 is 15.9 Å². The van der Waals surface area contributed by atoms with Gasteiger partial charge in [-0.05, 0) is 30.4 Å². The van der Waals surface area contributed by atoms with Crippen LogP contribution in [0.15, 0.2) is 22.8 Å². The minimum Gasteiger partial charge on any atom is -0.469 e. The maximum Gasteiger partial charge on any atom is 0.230 e. The van der Waals surface area contributed by atoms with Crippen molar-refractivity contribution in [3.05, 3.63) is 24.2 Å². The lowest BCUT2D eigenvalue weighted by atomic mass is 9.71. The van der Waals surface area contributed by atoms with Crippen LogP contribution in [0.25, 0.3) is 0 Å². The van der Waals surface area contributed by atoms with Crippen LogP contribution in [0.3, 0.4) is 0 Å². The van der Waals surface area contributed by atoms with E-state index in [-0.39, 0.29) is 23.7 Å². The van der Waals surface area contributed by atoms with Crippen LogP contribution < -0.4 is 0 Å². The van der Waals surface area contributed by atoms with E-state index in [9.17, 15) is 13.2 Å². The molecule has 0 saturated carbocycles. The molecule has 0 N–H and O–H groups in total. The maximum atomic E-state index is 12.4. The number of furan rings is 1. The molecule has 0 bridgehead atoms. The molecule has 3 heterocycles. The molecular formula is C17H26N2O5S. The lowest BCUT2D eigenvalue weighted by molar-refractivity contribution is -0.133. The molecule has 2 saturated heterocycles. The first kappa shape index (κ1) is 18.4. The Bertz CT molecular complexity index is 693. The van der Waals surface area contributed by atoms with E-state index in [0.717, 1.165) is 12.8 Å². The quantitative estimate of drug-likeness (QED) is 0.772. The predicted molar refractivity (Wildman–Crippen MR) is 92.4 cm³/mol. The molecule has 0 radical (unpaired) electrons. The van der Waals surface area contributed by atoms with E-state index in [1.54, 1.807) is 29.8 Å². The number of amides is 1. The van der Waals surface area contributed by atoms with Crippen molar-refractivity contribution in [1.82, 2.24) is 9.21 Å². The molecule has 0 aromatic carbocycles. The average molecular weight is 370 g/mol. The minimum atomic E-state index is -3.21. The van der Waals surface area contributed by atoms with Crippen LogP contribution in [-0.4, -0.2) is 69.7 Å². The van der Waals surface area contributed by atoms with Crippen molar-refractivity contribution in [1.29, 1.82) is 0 Å². The number of rotatable bonds is 5. The van der Waals surface area contributed by atoms with E-state index < -0.39 is 10.0 Å². The van der Waals surface area contributed by atoms with Gasteiger partial charge in [-0.2, -0.15) is 0 Å². The second-order valence-electron chi connectivity index (χ2n) is 7.21. The third-order valence-corrected chi connectivity index (χ3v) is 6.85. The van der Waals surface area contributed by atoms with Gasteiger partial charge in [0.1, 0.15) is 5.76 Å². The SMILES string of the molecule is COC[C@@H]1CN(S(C)(=O)=O)CC12CCN(C(=O)Cc1ccco1)CC2. The van der Waals surface area contributed by atoms with E-state index in [1.807, 2.05) is 4.90 Å². The average Bonchev–Trinajstić information content (AvgIpc) is 3.17. The highest BCUT2D eigenvalue weighted by Gasteiger charge is 2.50. The van der Waals surface area contributed by atoms with E-state index >= 15 is 0 Å². The van der Waals surface area contributed by atoms with Gasteiger partial charge in [0, 0.05) is 39.2 Å². The first-order valence-corrected chi connectivity index (χ1v) is 10.4. The Morgan fingerprint density at radius 1 is 1.40 bits per heavy atom. The number of sulfonamides is 1. The molecule has 3 rings (SSSR count).